The van der Waals surface area contributed by atoms with Crippen LogP contribution in [0.1, 0.15) is 80.6 Å². The van der Waals surface area contributed by atoms with Crippen LogP contribution in [-0.2, 0) is 0 Å². The number of rotatable bonds is 10. The molecule has 0 saturated carbocycles. The Morgan fingerprint density at radius 2 is 1.68 bits per heavy atom. The summed E-state index contributed by atoms with van der Waals surface area (Å²) in [7, 11) is 0. The first-order valence-electron chi connectivity index (χ1n) is 9.34. The van der Waals surface area contributed by atoms with E-state index in [4.69, 9.17) is 4.42 Å². The van der Waals surface area contributed by atoms with Crippen molar-refractivity contribution in [2.24, 2.45) is 0 Å². The number of fused-ring (bicyclic) bond motifs is 1. The largest absolute Gasteiger partial charge is 0.507 e. The van der Waals surface area contributed by atoms with Crippen molar-refractivity contribution in [1.82, 2.24) is 0 Å². The summed E-state index contributed by atoms with van der Waals surface area (Å²) in [4.78, 5) is 24.2. The number of phenolic OH excluding ortho intramolecular Hbond substituents is 1. The highest BCUT2D eigenvalue weighted by Gasteiger charge is 2.18. The van der Waals surface area contributed by atoms with E-state index in [0.717, 1.165) is 24.8 Å². The van der Waals surface area contributed by atoms with Crippen LogP contribution in [0.2, 0.25) is 0 Å². The number of benzene rings is 1. The second-order valence-electron chi connectivity index (χ2n) is 6.73. The summed E-state index contributed by atoms with van der Waals surface area (Å²) < 4.78 is 5.22. The zero-order chi connectivity index (χ0) is 18.2. The summed E-state index contributed by atoms with van der Waals surface area (Å²) in [6.45, 7) is 4.00. The third-order valence-corrected chi connectivity index (χ3v) is 4.63. The second kappa shape index (κ2) is 9.40. The number of hydrogen-bond acceptors (Lipinski definition) is 4. The van der Waals surface area contributed by atoms with E-state index in [1.807, 2.05) is 0 Å². The van der Waals surface area contributed by atoms with Crippen LogP contribution in [0.5, 0.6) is 5.75 Å². The Labute approximate surface area is 148 Å². The minimum atomic E-state index is -0.503. The average Bonchev–Trinajstić information content (AvgIpc) is 2.56. The molecule has 2 aromatic rings. The van der Waals surface area contributed by atoms with Crippen molar-refractivity contribution >= 4 is 16.8 Å². The highest BCUT2D eigenvalue weighted by molar-refractivity contribution is 6.08. The molecule has 0 fully saturated rings. The van der Waals surface area contributed by atoms with Gasteiger partial charge in [0.25, 0.3) is 0 Å². The Balaban J connectivity index is 1.98. The fraction of sp³-hybridized carbons (Fsp3) is 0.524. The Bertz CT molecular complexity index is 773. The molecule has 0 radical (unpaired) electrons. The van der Waals surface area contributed by atoms with Crippen LogP contribution in [0.4, 0.5) is 0 Å². The number of carbonyl (C=O) groups excluding carboxylic acids is 1. The van der Waals surface area contributed by atoms with Crippen LogP contribution in [-0.4, -0.2) is 10.9 Å². The van der Waals surface area contributed by atoms with Gasteiger partial charge < -0.3 is 9.52 Å². The van der Waals surface area contributed by atoms with Gasteiger partial charge in [0, 0.05) is 17.9 Å². The fourth-order valence-electron chi connectivity index (χ4n) is 3.19. The van der Waals surface area contributed by atoms with E-state index < -0.39 is 5.63 Å². The molecule has 0 unspecified atom stereocenters. The molecule has 1 heterocycles. The molecule has 0 aliphatic rings. The third-order valence-electron chi connectivity index (χ3n) is 4.63. The van der Waals surface area contributed by atoms with Crippen molar-refractivity contribution in [3.05, 3.63) is 39.7 Å². The van der Waals surface area contributed by atoms with Gasteiger partial charge in [-0.2, -0.15) is 0 Å². The van der Waals surface area contributed by atoms with Gasteiger partial charge >= 0.3 is 5.63 Å². The molecule has 0 spiro atoms. The standard InChI is InChI=1S/C21H28O4/c1-3-4-5-6-7-8-9-10-11-17(22)20-18(23)13-12-16-15(2)14-19(24)25-21(16)20/h12-14,23H,3-11H2,1-2H3. The molecule has 1 aromatic heterocycles. The normalized spacial score (nSPS) is 11.1. The number of ketones is 1. The number of hydrogen-bond donors (Lipinski definition) is 1. The molecule has 0 aliphatic carbocycles. The van der Waals surface area contributed by atoms with Crippen molar-refractivity contribution in [3.8, 4) is 5.75 Å². The number of phenols is 1. The molecule has 0 saturated heterocycles. The number of Topliss-reactive ketones (excluding diaryl/α,β-unsaturated/α-hetero) is 1. The summed E-state index contributed by atoms with van der Waals surface area (Å²) in [5, 5.41) is 10.8. The molecule has 0 aliphatic heterocycles. The molecular formula is C21H28O4. The summed E-state index contributed by atoms with van der Waals surface area (Å²) in [5.74, 6) is -0.284. The molecule has 1 N–H and O–H groups in total. The van der Waals surface area contributed by atoms with Gasteiger partial charge in [0.2, 0.25) is 0 Å². The third kappa shape index (κ3) is 5.18. The maximum absolute atomic E-state index is 12.6. The first-order valence-corrected chi connectivity index (χ1v) is 9.34. The summed E-state index contributed by atoms with van der Waals surface area (Å²) >= 11 is 0. The lowest BCUT2D eigenvalue weighted by Crippen LogP contribution is -2.05. The SMILES string of the molecule is CCCCCCCCCCC(=O)c1c(O)ccc2c(C)cc(=O)oc12. The van der Waals surface area contributed by atoms with E-state index in [1.54, 1.807) is 13.0 Å². The Morgan fingerprint density at radius 3 is 2.36 bits per heavy atom. The van der Waals surface area contributed by atoms with Crippen LogP contribution >= 0.6 is 0 Å². The van der Waals surface area contributed by atoms with Gasteiger partial charge in [0.1, 0.15) is 11.3 Å². The van der Waals surface area contributed by atoms with Crippen molar-refractivity contribution in [1.29, 1.82) is 0 Å². The molecule has 4 heteroatoms. The molecule has 0 atom stereocenters. The second-order valence-corrected chi connectivity index (χ2v) is 6.73. The van der Waals surface area contributed by atoms with Crippen LogP contribution in [0.3, 0.4) is 0 Å². The van der Waals surface area contributed by atoms with Crippen molar-refractivity contribution < 1.29 is 14.3 Å². The predicted molar refractivity (Wildman–Crippen MR) is 100 cm³/mol. The van der Waals surface area contributed by atoms with Gasteiger partial charge in [-0.15, -0.1) is 0 Å². The lowest BCUT2D eigenvalue weighted by atomic mass is 9.99. The molecule has 0 bridgehead atoms. The van der Waals surface area contributed by atoms with Gasteiger partial charge in [-0.25, -0.2) is 4.79 Å². The van der Waals surface area contributed by atoms with Gasteiger partial charge in [-0.1, -0.05) is 51.9 Å². The summed E-state index contributed by atoms with van der Waals surface area (Å²) in [6.07, 6.45) is 9.59. The van der Waals surface area contributed by atoms with E-state index >= 15 is 0 Å². The number of unbranched alkanes of at least 4 members (excludes halogenated alkanes) is 7. The maximum Gasteiger partial charge on any atom is 0.336 e. The minimum Gasteiger partial charge on any atom is -0.507 e. The number of aryl methyl sites for hydroxylation is 1. The van der Waals surface area contributed by atoms with Crippen LogP contribution in [0.25, 0.3) is 11.0 Å². The minimum absolute atomic E-state index is 0.120. The van der Waals surface area contributed by atoms with Crippen LogP contribution in [0.15, 0.2) is 27.4 Å². The van der Waals surface area contributed by atoms with E-state index in [0.29, 0.717) is 11.8 Å². The quantitative estimate of drug-likeness (QED) is 0.350. The topological polar surface area (TPSA) is 67.5 Å². The fourth-order valence-corrected chi connectivity index (χ4v) is 3.19. The molecule has 1 aromatic carbocycles. The van der Waals surface area contributed by atoms with E-state index in [2.05, 4.69) is 6.92 Å². The van der Waals surface area contributed by atoms with Crippen molar-refractivity contribution in [2.75, 3.05) is 0 Å². The van der Waals surface area contributed by atoms with E-state index in [1.165, 1.54) is 44.2 Å². The highest BCUT2D eigenvalue weighted by Crippen LogP contribution is 2.29. The van der Waals surface area contributed by atoms with Crippen LogP contribution < -0.4 is 5.63 Å². The zero-order valence-corrected chi connectivity index (χ0v) is 15.3. The van der Waals surface area contributed by atoms with Crippen LogP contribution in [0, 0.1) is 6.92 Å². The highest BCUT2D eigenvalue weighted by atomic mass is 16.4. The smallest absolute Gasteiger partial charge is 0.336 e. The van der Waals surface area contributed by atoms with Crippen molar-refractivity contribution in [3.63, 3.8) is 0 Å². The number of carbonyl (C=O) groups is 1. The van der Waals surface area contributed by atoms with E-state index in [-0.39, 0.29) is 22.7 Å². The van der Waals surface area contributed by atoms with Gasteiger partial charge in [0.15, 0.2) is 11.4 Å². The lowest BCUT2D eigenvalue weighted by Gasteiger charge is -2.08. The summed E-state index contributed by atoms with van der Waals surface area (Å²) in [5.41, 5.74) is 0.583. The Morgan fingerprint density at radius 1 is 1.04 bits per heavy atom. The molecule has 136 valence electrons. The van der Waals surface area contributed by atoms with Gasteiger partial charge in [-0.3, -0.25) is 4.79 Å². The molecular weight excluding hydrogens is 316 g/mol. The number of aromatic hydroxyl groups is 1. The Kier molecular flexibility index (Phi) is 7.23. The Hall–Kier alpha value is -2.10. The van der Waals surface area contributed by atoms with Gasteiger partial charge in [0.05, 0.1) is 0 Å². The first kappa shape index (κ1) is 19.2. The molecule has 2 rings (SSSR count). The van der Waals surface area contributed by atoms with E-state index in [9.17, 15) is 14.7 Å². The zero-order valence-electron chi connectivity index (χ0n) is 15.3. The van der Waals surface area contributed by atoms with Gasteiger partial charge in [-0.05, 0) is 31.0 Å². The average molecular weight is 344 g/mol. The maximum atomic E-state index is 12.6. The molecule has 25 heavy (non-hydrogen) atoms. The summed E-state index contributed by atoms with van der Waals surface area (Å²) in [6, 6.07) is 4.57. The predicted octanol–water partition coefficient (Wildman–Crippen LogP) is 5.52. The monoisotopic (exact) mass is 344 g/mol. The molecule has 0 amide bonds. The first-order chi connectivity index (χ1) is 12.0. The molecule has 4 nitrogen and oxygen atoms in total. The van der Waals surface area contributed by atoms with Crippen molar-refractivity contribution in [2.45, 2.75) is 71.6 Å². The lowest BCUT2D eigenvalue weighted by molar-refractivity contribution is 0.0977.